The summed E-state index contributed by atoms with van der Waals surface area (Å²) in [7, 11) is 1.58. The molecule has 0 amide bonds. The SMILES string of the molecule is C/C(=N/Nc1ccc([N+](=O)[O-])cc1[N+](=O)[O-])c1nnn(C)n1. The number of aryl methyl sites for hydroxylation is 1. The summed E-state index contributed by atoms with van der Waals surface area (Å²) in [4.78, 5) is 21.4. The van der Waals surface area contributed by atoms with E-state index in [4.69, 9.17) is 0 Å². The molecule has 0 aliphatic carbocycles. The van der Waals surface area contributed by atoms with E-state index in [1.807, 2.05) is 0 Å². The van der Waals surface area contributed by atoms with E-state index in [9.17, 15) is 20.2 Å². The van der Waals surface area contributed by atoms with E-state index in [-0.39, 0.29) is 17.2 Å². The molecule has 0 atom stereocenters. The fourth-order valence-electron chi connectivity index (χ4n) is 1.50. The van der Waals surface area contributed by atoms with Gasteiger partial charge in [-0.2, -0.15) is 9.90 Å². The van der Waals surface area contributed by atoms with E-state index in [0.29, 0.717) is 5.71 Å². The third-order valence-corrected chi connectivity index (χ3v) is 2.56. The second-order valence-electron chi connectivity index (χ2n) is 4.13. The maximum atomic E-state index is 11.0. The zero-order chi connectivity index (χ0) is 16.3. The number of hydrogen-bond donors (Lipinski definition) is 1. The van der Waals surface area contributed by atoms with Crippen LogP contribution in [0.4, 0.5) is 17.1 Å². The van der Waals surface area contributed by atoms with E-state index >= 15 is 0 Å². The van der Waals surface area contributed by atoms with Crippen LogP contribution in [-0.4, -0.2) is 35.8 Å². The number of hydrogen-bond acceptors (Lipinski definition) is 9. The highest BCUT2D eigenvalue weighted by molar-refractivity contribution is 5.95. The molecule has 1 aromatic heterocycles. The topological polar surface area (TPSA) is 154 Å². The molecule has 12 nitrogen and oxygen atoms in total. The fourth-order valence-corrected chi connectivity index (χ4v) is 1.50. The molecule has 1 N–H and O–H groups in total. The molecule has 22 heavy (non-hydrogen) atoms. The Morgan fingerprint density at radius 2 is 2.05 bits per heavy atom. The summed E-state index contributed by atoms with van der Waals surface area (Å²) >= 11 is 0. The van der Waals surface area contributed by atoms with Gasteiger partial charge in [-0.1, -0.05) is 0 Å². The van der Waals surface area contributed by atoms with Crippen LogP contribution in [0.2, 0.25) is 0 Å². The lowest BCUT2D eigenvalue weighted by molar-refractivity contribution is -0.393. The molecule has 114 valence electrons. The molecular formula is C10H10N8O4. The second kappa shape index (κ2) is 5.90. The number of benzene rings is 1. The van der Waals surface area contributed by atoms with Crippen LogP contribution in [0.5, 0.6) is 0 Å². The largest absolute Gasteiger partial charge is 0.301 e. The summed E-state index contributed by atoms with van der Waals surface area (Å²) in [5, 5.41) is 36.8. The Labute approximate surface area is 122 Å². The maximum absolute atomic E-state index is 11.0. The third-order valence-electron chi connectivity index (χ3n) is 2.56. The summed E-state index contributed by atoms with van der Waals surface area (Å²) < 4.78 is 0. The number of nitrogens with zero attached hydrogens (tertiary/aromatic N) is 7. The van der Waals surface area contributed by atoms with Gasteiger partial charge in [-0.05, 0) is 18.2 Å². The molecule has 0 saturated carbocycles. The predicted octanol–water partition coefficient (Wildman–Crippen LogP) is 0.863. The van der Waals surface area contributed by atoms with Gasteiger partial charge < -0.3 is 0 Å². The molecule has 2 rings (SSSR count). The highest BCUT2D eigenvalue weighted by Crippen LogP contribution is 2.28. The van der Waals surface area contributed by atoms with Gasteiger partial charge in [-0.15, -0.1) is 10.2 Å². The van der Waals surface area contributed by atoms with Gasteiger partial charge in [0, 0.05) is 6.07 Å². The van der Waals surface area contributed by atoms with E-state index in [2.05, 4.69) is 25.9 Å². The van der Waals surface area contributed by atoms with Crippen molar-refractivity contribution in [2.75, 3.05) is 5.43 Å². The molecule has 0 unspecified atom stereocenters. The zero-order valence-electron chi connectivity index (χ0n) is 11.5. The zero-order valence-corrected chi connectivity index (χ0v) is 11.5. The standard InChI is InChI=1S/C10H10N8O4/c1-6(10-13-15-16(2)14-10)11-12-8-4-3-7(17(19)20)5-9(8)18(21)22/h3-5,12H,1-2H3/b11-6-. The summed E-state index contributed by atoms with van der Waals surface area (Å²) in [5.41, 5.74) is 1.99. The molecule has 12 heteroatoms. The van der Waals surface area contributed by atoms with Crippen molar-refractivity contribution in [3.63, 3.8) is 0 Å². The van der Waals surface area contributed by atoms with E-state index in [1.54, 1.807) is 14.0 Å². The molecule has 0 bridgehead atoms. The molecular weight excluding hydrogens is 296 g/mol. The minimum Gasteiger partial charge on any atom is -0.271 e. The number of nitrogens with one attached hydrogen (secondary N) is 1. The number of rotatable bonds is 5. The van der Waals surface area contributed by atoms with Crippen molar-refractivity contribution < 1.29 is 9.85 Å². The van der Waals surface area contributed by atoms with Crippen LogP contribution < -0.4 is 5.43 Å². The molecule has 1 aromatic carbocycles. The number of tetrazole rings is 1. The molecule has 2 aromatic rings. The minimum atomic E-state index is -0.735. The fraction of sp³-hybridized carbons (Fsp3) is 0.200. The van der Waals surface area contributed by atoms with E-state index < -0.39 is 15.5 Å². The van der Waals surface area contributed by atoms with Crippen molar-refractivity contribution in [1.82, 2.24) is 20.2 Å². The Kier molecular flexibility index (Phi) is 4.01. The molecule has 0 radical (unpaired) electrons. The molecule has 0 saturated heterocycles. The second-order valence-corrected chi connectivity index (χ2v) is 4.13. The van der Waals surface area contributed by atoms with Crippen LogP contribution in [0.25, 0.3) is 0 Å². The highest BCUT2D eigenvalue weighted by atomic mass is 16.6. The molecule has 0 aliphatic rings. The van der Waals surface area contributed by atoms with Gasteiger partial charge in [0.1, 0.15) is 11.4 Å². The highest BCUT2D eigenvalue weighted by Gasteiger charge is 2.19. The number of anilines is 1. The first-order chi connectivity index (χ1) is 10.4. The van der Waals surface area contributed by atoms with Crippen LogP contribution in [0.1, 0.15) is 12.7 Å². The Balaban J connectivity index is 2.29. The van der Waals surface area contributed by atoms with Gasteiger partial charge in [-0.3, -0.25) is 25.7 Å². The van der Waals surface area contributed by atoms with Gasteiger partial charge in [0.2, 0.25) is 5.82 Å². The first-order valence-corrected chi connectivity index (χ1v) is 5.86. The average Bonchev–Trinajstić information content (AvgIpc) is 2.91. The van der Waals surface area contributed by atoms with Crippen molar-refractivity contribution in [2.45, 2.75) is 6.92 Å². The summed E-state index contributed by atoms with van der Waals surface area (Å²) in [6.07, 6.45) is 0. The van der Waals surface area contributed by atoms with E-state index in [0.717, 1.165) is 12.1 Å². The predicted molar refractivity (Wildman–Crippen MR) is 74.4 cm³/mol. The Hall–Kier alpha value is -3.44. The van der Waals surface area contributed by atoms with Crippen LogP contribution in [-0.2, 0) is 7.05 Å². The van der Waals surface area contributed by atoms with Gasteiger partial charge in [0.15, 0.2) is 0 Å². The molecule has 1 heterocycles. The number of non-ortho nitro benzene ring substituents is 1. The van der Waals surface area contributed by atoms with Gasteiger partial charge >= 0.3 is 5.69 Å². The Morgan fingerprint density at radius 3 is 2.59 bits per heavy atom. The monoisotopic (exact) mass is 306 g/mol. The number of aromatic nitrogens is 4. The lowest BCUT2D eigenvalue weighted by atomic mass is 10.2. The molecule has 0 spiro atoms. The number of hydrazone groups is 1. The quantitative estimate of drug-likeness (QED) is 0.484. The first kappa shape index (κ1) is 15.0. The van der Waals surface area contributed by atoms with Crippen LogP contribution in [0, 0.1) is 20.2 Å². The van der Waals surface area contributed by atoms with Crippen molar-refractivity contribution in [2.24, 2.45) is 12.1 Å². The lowest BCUT2D eigenvalue weighted by Gasteiger charge is -2.02. The van der Waals surface area contributed by atoms with E-state index in [1.165, 1.54) is 10.9 Å². The van der Waals surface area contributed by atoms with Gasteiger partial charge in [-0.25, -0.2) is 0 Å². The number of nitro benzene ring substituents is 2. The van der Waals surface area contributed by atoms with Crippen molar-refractivity contribution >= 4 is 22.8 Å². The third kappa shape index (κ3) is 3.17. The van der Waals surface area contributed by atoms with Crippen LogP contribution in [0.3, 0.4) is 0 Å². The summed E-state index contributed by atoms with van der Waals surface area (Å²) in [6.45, 7) is 1.58. The van der Waals surface area contributed by atoms with Crippen LogP contribution in [0.15, 0.2) is 23.3 Å². The van der Waals surface area contributed by atoms with Crippen LogP contribution >= 0.6 is 0 Å². The smallest absolute Gasteiger partial charge is 0.271 e. The van der Waals surface area contributed by atoms with Crippen molar-refractivity contribution in [3.05, 3.63) is 44.3 Å². The maximum Gasteiger partial charge on any atom is 0.301 e. The van der Waals surface area contributed by atoms with Gasteiger partial charge in [0.25, 0.3) is 5.69 Å². The van der Waals surface area contributed by atoms with Crippen molar-refractivity contribution in [3.8, 4) is 0 Å². The summed E-state index contributed by atoms with van der Waals surface area (Å²) in [5.74, 6) is 0.250. The normalized spacial score (nSPS) is 11.3. The molecule has 0 fully saturated rings. The number of nitro groups is 2. The van der Waals surface area contributed by atoms with Gasteiger partial charge in [0.05, 0.1) is 23.0 Å². The first-order valence-electron chi connectivity index (χ1n) is 5.86. The van der Waals surface area contributed by atoms with Crippen molar-refractivity contribution in [1.29, 1.82) is 0 Å². The Bertz CT molecular complexity index is 768. The molecule has 0 aliphatic heterocycles. The lowest BCUT2D eigenvalue weighted by Crippen LogP contribution is -2.04. The average molecular weight is 306 g/mol. The minimum absolute atomic E-state index is 0.0128. The Morgan fingerprint density at radius 1 is 1.32 bits per heavy atom. The summed E-state index contributed by atoms with van der Waals surface area (Å²) in [6, 6.07) is 3.20.